The lowest BCUT2D eigenvalue weighted by Gasteiger charge is -2.48. The summed E-state index contributed by atoms with van der Waals surface area (Å²) in [6.07, 6.45) is -15.6. The van der Waals surface area contributed by atoms with Gasteiger partial charge in [-0.1, -0.05) is 6.07 Å². The molecule has 0 aromatic carbocycles. The Hall–Kier alpha value is -1.14. The van der Waals surface area contributed by atoms with Crippen LogP contribution in [0, 0.1) is 0 Å². The number of halogens is 1. The first-order valence-electron chi connectivity index (χ1n) is 10.9. The first kappa shape index (κ1) is 28.4. The molecule has 2 saturated heterocycles. The number of rotatable bonds is 9. The molecule has 2 aliphatic rings. The van der Waals surface area contributed by atoms with Gasteiger partial charge in [0.15, 0.2) is 12.5 Å². The van der Waals surface area contributed by atoms with Gasteiger partial charge in [0.2, 0.25) is 0 Å². The highest BCUT2D eigenvalue weighted by Crippen LogP contribution is 2.31. The molecule has 200 valence electrons. The molecule has 3 rings (SSSR count). The van der Waals surface area contributed by atoms with Crippen molar-refractivity contribution < 1.29 is 54.8 Å². The molecule has 0 bridgehead atoms. The van der Waals surface area contributed by atoms with Gasteiger partial charge in [0.1, 0.15) is 48.8 Å². The minimum absolute atomic E-state index is 0.0244. The van der Waals surface area contributed by atoms with Crippen molar-refractivity contribution in [1.29, 1.82) is 0 Å². The van der Waals surface area contributed by atoms with E-state index in [9.17, 15) is 40.5 Å². The molecule has 0 spiro atoms. The van der Waals surface area contributed by atoms with Crippen LogP contribution in [0.4, 0.5) is 4.79 Å². The molecule has 2 aliphatic heterocycles. The Kier molecular flexibility index (Phi) is 10.5. The predicted octanol–water partition coefficient (Wildman–Crippen LogP) is -2.88. The second kappa shape index (κ2) is 12.9. The number of nitrogens with one attached hydrogen (secondary N) is 1. The van der Waals surface area contributed by atoms with E-state index in [4.69, 9.17) is 25.8 Å². The summed E-state index contributed by atoms with van der Waals surface area (Å²) >= 11 is 7.02. The molecule has 0 radical (unpaired) electrons. The fraction of sp³-hybridized carbons (Fsp3) is 0.750. The topological polar surface area (TPSA) is 202 Å². The molecule has 3 heterocycles. The number of alkyl halides is 1. The van der Waals surface area contributed by atoms with Crippen LogP contribution in [-0.4, -0.2) is 134 Å². The zero-order chi connectivity index (χ0) is 25.7. The molecular formula is C20H31ClN2O11S. The van der Waals surface area contributed by atoms with Gasteiger partial charge in [-0.3, -0.25) is 4.90 Å². The number of hydrogen-bond acceptors (Lipinski definition) is 12. The summed E-state index contributed by atoms with van der Waals surface area (Å²) in [4.78, 5) is 14.7. The molecule has 2 amide bonds. The number of carbonyl (C=O) groups excluding carboxylic acids is 1. The van der Waals surface area contributed by atoms with E-state index >= 15 is 0 Å². The second-order valence-electron chi connectivity index (χ2n) is 8.16. The number of urea groups is 1. The number of aliphatic hydroxyl groups excluding tert-OH is 7. The molecule has 1 aromatic heterocycles. The molecular weight excluding hydrogens is 512 g/mol. The number of carbonyl (C=O) groups is 1. The van der Waals surface area contributed by atoms with Crippen LogP contribution in [0.1, 0.15) is 4.88 Å². The molecule has 0 saturated carbocycles. The van der Waals surface area contributed by atoms with Gasteiger partial charge >= 0.3 is 6.03 Å². The first-order chi connectivity index (χ1) is 16.7. The third-order valence-electron chi connectivity index (χ3n) is 5.82. The number of thiophene rings is 1. The third-order valence-corrected chi connectivity index (χ3v) is 6.87. The molecule has 1 aromatic rings. The van der Waals surface area contributed by atoms with Crippen LogP contribution in [0.25, 0.3) is 0 Å². The van der Waals surface area contributed by atoms with Gasteiger partial charge in [-0.2, -0.15) is 0 Å². The Labute approximate surface area is 210 Å². The molecule has 13 nitrogen and oxygen atoms in total. The lowest BCUT2D eigenvalue weighted by Crippen LogP contribution is -2.67. The fourth-order valence-corrected chi connectivity index (χ4v) is 4.73. The van der Waals surface area contributed by atoms with Crippen molar-refractivity contribution >= 4 is 29.0 Å². The summed E-state index contributed by atoms with van der Waals surface area (Å²) in [5.74, 6) is 0.142. The quantitative estimate of drug-likeness (QED) is 0.149. The highest BCUT2D eigenvalue weighted by Gasteiger charge is 2.52. The number of aliphatic hydroxyl groups is 7. The molecule has 1 unspecified atom stereocenters. The lowest BCUT2D eigenvalue weighted by molar-refractivity contribution is -0.347. The van der Waals surface area contributed by atoms with Crippen LogP contribution in [-0.2, 0) is 20.8 Å². The Bertz CT molecular complexity index is 789. The van der Waals surface area contributed by atoms with Crippen molar-refractivity contribution in [3.05, 3.63) is 22.4 Å². The zero-order valence-corrected chi connectivity index (χ0v) is 20.1. The SMILES string of the molecule is O=C(NCCCl)N(Cc1cccs1)C1O[C@H](CO)[C@@H](O[C@H]2O[C@H](CO)[C@@H](O)[C@H](O)[C@H]2O)[C@H](O)[C@H]1O. The minimum Gasteiger partial charge on any atom is -0.394 e. The Morgan fingerprint density at radius 3 is 2.34 bits per heavy atom. The van der Waals surface area contributed by atoms with Crippen LogP contribution in [0.5, 0.6) is 0 Å². The third kappa shape index (κ3) is 6.41. The second-order valence-corrected chi connectivity index (χ2v) is 9.57. The minimum atomic E-state index is -1.77. The van der Waals surface area contributed by atoms with Gasteiger partial charge in [-0.15, -0.1) is 22.9 Å². The van der Waals surface area contributed by atoms with Crippen molar-refractivity contribution in [3.8, 4) is 0 Å². The zero-order valence-electron chi connectivity index (χ0n) is 18.5. The average Bonchev–Trinajstić information content (AvgIpc) is 3.37. The van der Waals surface area contributed by atoms with E-state index in [0.717, 1.165) is 9.78 Å². The van der Waals surface area contributed by atoms with E-state index in [2.05, 4.69) is 5.32 Å². The maximum absolute atomic E-state index is 12.8. The van der Waals surface area contributed by atoms with E-state index in [1.165, 1.54) is 11.3 Å². The van der Waals surface area contributed by atoms with Gasteiger partial charge in [-0.25, -0.2) is 4.79 Å². The van der Waals surface area contributed by atoms with Crippen molar-refractivity contribution in [2.75, 3.05) is 25.6 Å². The fourth-order valence-electron chi connectivity index (χ4n) is 3.93. The van der Waals surface area contributed by atoms with Crippen LogP contribution in [0.15, 0.2) is 17.5 Å². The number of amides is 2. The summed E-state index contributed by atoms with van der Waals surface area (Å²) in [6, 6.07) is 2.93. The van der Waals surface area contributed by atoms with Gasteiger partial charge in [0.25, 0.3) is 0 Å². The van der Waals surface area contributed by atoms with Crippen molar-refractivity contribution in [2.45, 2.75) is 67.9 Å². The van der Waals surface area contributed by atoms with Gasteiger partial charge < -0.3 is 55.3 Å². The smallest absolute Gasteiger partial charge is 0.319 e. The van der Waals surface area contributed by atoms with E-state index in [1.54, 1.807) is 17.5 Å². The largest absolute Gasteiger partial charge is 0.394 e. The first-order valence-corrected chi connectivity index (χ1v) is 12.4. The maximum atomic E-state index is 12.8. The van der Waals surface area contributed by atoms with Crippen LogP contribution in [0.2, 0.25) is 0 Å². The van der Waals surface area contributed by atoms with E-state index < -0.39 is 80.6 Å². The monoisotopic (exact) mass is 542 g/mol. The number of nitrogens with zero attached hydrogens (tertiary/aromatic N) is 1. The van der Waals surface area contributed by atoms with Gasteiger partial charge in [0, 0.05) is 17.3 Å². The molecule has 15 heteroatoms. The molecule has 10 atom stereocenters. The van der Waals surface area contributed by atoms with Crippen molar-refractivity contribution in [2.24, 2.45) is 0 Å². The summed E-state index contributed by atoms with van der Waals surface area (Å²) < 4.78 is 16.6. The highest BCUT2D eigenvalue weighted by atomic mass is 35.5. The van der Waals surface area contributed by atoms with E-state index in [0.29, 0.717) is 0 Å². The normalized spacial score (nSPS) is 37.7. The van der Waals surface area contributed by atoms with Crippen LogP contribution < -0.4 is 5.32 Å². The van der Waals surface area contributed by atoms with E-state index in [1.807, 2.05) is 0 Å². The molecule has 2 fully saturated rings. The Balaban J connectivity index is 1.79. The van der Waals surface area contributed by atoms with Gasteiger partial charge in [0.05, 0.1) is 19.8 Å². The summed E-state index contributed by atoms with van der Waals surface area (Å²) in [5.41, 5.74) is 0. The molecule has 35 heavy (non-hydrogen) atoms. The van der Waals surface area contributed by atoms with Gasteiger partial charge in [-0.05, 0) is 11.4 Å². The molecule has 0 aliphatic carbocycles. The van der Waals surface area contributed by atoms with Crippen LogP contribution in [0.3, 0.4) is 0 Å². The maximum Gasteiger partial charge on any atom is 0.319 e. The lowest BCUT2D eigenvalue weighted by atomic mass is 9.96. The Morgan fingerprint density at radius 1 is 1.03 bits per heavy atom. The highest BCUT2D eigenvalue weighted by molar-refractivity contribution is 7.09. The molecule has 8 N–H and O–H groups in total. The summed E-state index contributed by atoms with van der Waals surface area (Å²) in [7, 11) is 0. The number of hydrogen-bond donors (Lipinski definition) is 8. The van der Waals surface area contributed by atoms with Crippen LogP contribution >= 0.6 is 22.9 Å². The number of ether oxygens (including phenoxy) is 3. The predicted molar refractivity (Wildman–Crippen MR) is 120 cm³/mol. The Morgan fingerprint density at radius 2 is 1.74 bits per heavy atom. The standard InChI is InChI=1S/C20H31ClN2O11S/c21-3-4-22-20(31)23(6-9-2-1-5-35-9)18-15(29)14(28)17(11(8-25)32-18)34-19-16(30)13(27)12(26)10(7-24)33-19/h1-2,5,10-19,24-30H,3-4,6-8H2,(H,22,31)/t10-,11-,12-,13+,14-,15-,16-,17-,18?,19-/m1/s1. The van der Waals surface area contributed by atoms with Crippen molar-refractivity contribution in [3.63, 3.8) is 0 Å². The average molecular weight is 543 g/mol. The van der Waals surface area contributed by atoms with Crippen molar-refractivity contribution in [1.82, 2.24) is 10.2 Å². The van der Waals surface area contributed by atoms with E-state index in [-0.39, 0.29) is 19.0 Å². The summed E-state index contributed by atoms with van der Waals surface area (Å²) in [6.45, 7) is -1.24. The summed E-state index contributed by atoms with van der Waals surface area (Å²) in [5, 5.41) is 75.6.